The second kappa shape index (κ2) is 5.58. The van der Waals surface area contributed by atoms with Gasteiger partial charge in [0.05, 0.1) is 11.7 Å². The molecule has 21 heavy (non-hydrogen) atoms. The topological polar surface area (TPSA) is 38.9 Å². The Kier molecular flexibility index (Phi) is 3.62. The summed E-state index contributed by atoms with van der Waals surface area (Å²) in [4.78, 5) is 4.31. The SMILES string of the molecule is NC(Cc1cc(F)ccc1F)c1nccc2ccccc12. The van der Waals surface area contributed by atoms with E-state index in [2.05, 4.69) is 4.98 Å². The number of nitrogens with two attached hydrogens (primary N) is 1. The summed E-state index contributed by atoms with van der Waals surface area (Å²) in [5.74, 6) is -0.920. The van der Waals surface area contributed by atoms with Crippen LogP contribution in [0.4, 0.5) is 8.78 Å². The van der Waals surface area contributed by atoms with Crippen LogP contribution in [0.1, 0.15) is 17.3 Å². The van der Waals surface area contributed by atoms with E-state index < -0.39 is 17.7 Å². The van der Waals surface area contributed by atoms with Gasteiger partial charge in [-0.05, 0) is 41.6 Å². The highest BCUT2D eigenvalue weighted by Crippen LogP contribution is 2.24. The Morgan fingerprint density at radius 1 is 1.05 bits per heavy atom. The molecule has 0 spiro atoms. The third-order valence-corrected chi connectivity index (χ3v) is 3.50. The molecule has 0 aliphatic rings. The average molecular weight is 284 g/mol. The highest BCUT2D eigenvalue weighted by molar-refractivity contribution is 5.84. The maximum atomic E-state index is 13.7. The van der Waals surface area contributed by atoms with Gasteiger partial charge in [0, 0.05) is 11.6 Å². The van der Waals surface area contributed by atoms with Crippen molar-refractivity contribution >= 4 is 10.8 Å². The molecule has 0 amide bonds. The first-order valence-electron chi connectivity index (χ1n) is 6.68. The zero-order valence-corrected chi connectivity index (χ0v) is 11.3. The molecule has 2 nitrogen and oxygen atoms in total. The number of rotatable bonds is 3. The summed E-state index contributed by atoms with van der Waals surface area (Å²) >= 11 is 0. The molecule has 0 aliphatic heterocycles. The molecule has 3 rings (SSSR count). The number of fused-ring (bicyclic) bond motifs is 1. The maximum Gasteiger partial charge on any atom is 0.126 e. The second-order valence-corrected chi connectivity index (χ2v) is 4.96. The predicted octanol–water partition coefficient (Wildman–Crippen LogP) is 3.76. The summed E-state index contributed by atoms with van der Waals surface area (Å²) < 4.78 is 26.9. The maximum absolute atomic E-state index is 13.7. The molecule has 1 heterocycles. The summed E-state index contributed by atoms with van der Waals surface area (Å²) in [5, 5.41) is 1.96. The molecule has 0 saturated heterocycles. The fraction of sp³-hybridized carbons (Fsp3) is 0.118. The van der Waals surface area contributed by atoms with E-state index >= 15 is 0 Å². The zero-order chi connectivity index (χ0) is 14.8. The van der Waals surface area contributed by atoms with E-state index in [-0.39, 0.29) is 12.0 Å². The molecule has 3 aromatic rings. The van der Waals surface area contributed by atoms with Crippen LogP contribution in [-0.2, 0) is 6.42 Å². The van der Waals surface area contributed by atoms with Gasteiger partial charge in [0.25, 0.3) is 0 Å². The fourth-order valence-corrected chi connectivity index (χ4v) is 2.47. The highest BCUT2D eigenvalue weighted by atomic mass is 19.1. The van der Waals surface area contributed by atoms with Crippen LogP contribution >= 0.6 is 0 Å². The van der Waals surface area contributed by atoms with Crippen molar-refractivity contribution in [2.24, 2.45) is 5.73 Å². The number of hydrogen-bond acceptors (Lipinski definition) is 2. The monoisotopic (exact) mass is 284 g/mol. The van der Waals surface area contributed by atoms with Gasteiger partial charge in [-0.15, -0.1) is 0 Å². The van der Waals surface area contributed by atoms with E-state index in [0.717, 1.165) is 22.9 Å². The van der Waals surface area contributed by atoms with Crippen LogP contribution in [0.3, 0.4) is 0 Å². The summed E-state index contributed by atoms with van der Waals surface area (Å²) in [6.07, 6.45) is 1.88. The highest BCUT2D eigenvalue weighted by Gasteiger charge is 2.14. The Labute approximate surface area is 121 Å². The number of aromatic nitrogens is 1. The molecule has 1 atom stereocenters. The molecular formula is C17H14F2N2. The van der Waals surface area contributed by atoms with E-state index in [1.54, 1.807) is 6.20 Å². The van der Waals surface area contributed by atoms with Gasteiger partial charge in [0.15, 0.2) is 0 Å². The van der Waals surface area contributed by atoms with Gasteiger partial charge in [-0.1, -0.05) is 24.3 Å². The van der Waals surface area contributed by atoms with Crippen molar-refractivity contribution in [2.45, 2.75) is 12.5 Å². The third-order valence-electron chi connectivity index (χ3n) is 3.50. The second-order valence-electron chi connectivity index (χ2n) is 4.96. The van der Waals surface area contributed by atoms with E-state index in [4.69, 9.17) is 5.73 Å². The van der Waals surface area contributed by atoms with Crippen LogP contribution in [0.15, 0.2) is 54.7 Å². The molecule has 2 aromatic carbocycles. The molecule has 1 aromatic heterocycles. The fourth-order valence-electron chi connectivity index (χ4n) is 2.47. The van der Waals surface area contributed by atoms with Gasteiger partial charge in [-0.2, -0.15) is 0 Å². The van der Waals surface area contributed by atoms with Crippen LogP contribution in [0.2, 0.25) is 0 Å². The van der Waals surface area contributed by atoms with Crippen molar-refractivity contribution in [3.05, 3.63) is 77.6 Å². The zero-order valence-electron chi connectivity index (χ0n) is 11.3. The smallest absolute Gasteiger partial charge is 0.126 e. The summed E-state index contributed by atoms with van der Waals surface area (Å²) in [7, 11) is 0. The average Bonchev–Trinajstić information content (AvgIpc) is 2.50. The quantitative estimate of drug-likeness (QED) is 0.795. The number of pyridine rings is 1. The van der Waals surface area contributed by atoms with Gasteiger partial charge < -0.3 is 5.73 Å². The van der Waals surface area contributed by atoms with Crippen LogP contribution < -0.4 is 5.73 Å². The van der Waals surface area contributed by atoms with Crippen molar-refractivity contribution < 1.29 is 8.78 Å². The van der Waals surface area contributed by atoms with Crippen LogP contribution in [0, 0.1) is 11.6 Å². The van der Waals surface area contributed by atoms with Crippen LogP contribution in [0.5, 0.6) is 0 Å². The Hall–Kier alpha value is -2.33. The number of hydrogen-bond donors (Lipinski definition) is 1. The summed E-state index contributed by atoms with van der Waals surface area (Å²) in [5.41, 5.74) is 7.11. The lowest BCUT2D eigenvalue weighted by Crippen LogP contribution is -2.16. The molecule has 106 valence electrons. The molecule has 0 saturated carbocycles. The molecule has 4 heteroatoms. The largest absolute Gasteiger partial charge is 0.322 e. The Morgan fingerprint density at radius 2 is 1.86 bits per heavy atom. The Bertz CT molecular complexity index is 781. The molecule has 0 radical (unpaired) electrons. The molecule has 0 fully saturated rings. The molecule has 2 N–H and O–H groups in total. The lowest BCUT2D eigenvalue weighted by molar-refractivity contribution is 0.571. The van der Waals surface area contributed by atoms with Crippen molar-refractivity contribution in [3.8, 4) is 0 Å². The molecule has 0 bridgehead atoms. The van der Waals surface area contributed by atoms with E-state index in [0.29, 0.717) is 5.69 Å². The third kappa shape index (κ3) is 2.76. The first-order chi connectivity index (χ1) is 10.1. The lowest BCUT2D eigenvalue weighted by atomic mass is 9.99. The van der Waals surface area contributed by atoms with Gasteiger partial charge in [0.1, 0.15) is 11.6 Å². The predicted molar refractivity (Wildman–Crippen MR) is 78.7 cm³/mol. The minimum atomic E-state index is -0.493. The van der Waals surface area contributed by atoms with Crippen molar-refractivity contribution in [2.75, 3.05) is 0 Å². The van der Waals surface area contributed by atoms with Crippen molar-refractivity contribution in [1.29, 1.82) is 0 Å². The molecular weight excluding hydrogens is 270 g/mol. The first kappa shape index (κ1) is 13.6. The number of nitrogens with zero attached hydrogens (tertiary/aromatic N) is 1. The number of halogens is 2. The summed E-state index contributed by atoms with van der Waals surface area (Å²) in [6.45, 7) is 0. The van der Waals surface area contributed by atoms with Crippen molar-refractivity contribution in [1.82, 2.24) is 4.98 Å². The Balaban J connectivity index is 1.97. The van der Waals surface area contributed by atoms with Gasteiger partial charge in [-0.3, -0.25) is 4.98 Å². The first-order valence-corrected chi connectivity index (χ1v) is 6.68. The summed E-state index contributed by atoms with van der Waals surface area (Å²) in [6, 6.07) is 12.5. The lowest BCUT2D eigenvalue weighted by Gasteiger charge is -2.14. The van der Waals surface area contributed by atoms with Gasteiger partial charge in [-0.25, -0.2) is 8.78 Å². The van der Waals surface area contributed by atoms with Crippen molar-refractivity contribution in [3.63, 3.8) is 0 Å². The van der Waals surface area contributed by atoms with Crippen LogP contribution in [0.25, 0.3) is 10.8 Å². The molecule has 0 aliphatic carbocycles. The van der Waals surface area contributed by atoms with E-state index in [1.165, 1.54) is 6.07 Å². The normalized spacial score (nSPS) is 12.5. The van der Waals surface area contributed by atoms with Crippen LogP contribution in [-0.4, -0.2) is 4.98 Å². The van der Waals surface area contributed by atoms with Gasteiger partial charge in [0.2, 0.25) is 0 Å². The Morgan fingerprint density at radius 3 is 2.71 bits per heavy atom. The van der Waals surface area contributed by atoms with E-state index in [1.807, 2.05) is 30.3 Å². The van der Waals surface area contributed by atoms with Gasteiger partial charge >= 0.3 is 0 Å². The minimum Gasteiger partial charge on any atom is -0.322 e. The standard InChI is InChI=1S/C17H14F2N2/c18-13-5-6-15(19)12(9-13)10-16(20)17-14-4-2-1-3-11(14)7-8-21-17/h1-9,16H,10,20H2. The molecule has 1 unspecified atom stereocenters. The minimum absolute atomic E-state index is 0.199. The number of benzene rings is 2. The van der Waals surface area contributed by atoms with E-state index in [9.17, 15) is 8.78 Å².